The highest BCUT2D eigenvalue weighted by Gasteiger charge is 2.18. The zero-order valence-electron chi connectivity index (χ0n) is 7.20. The van der Waals surface area contributed by atoms with E-state index in [-0.39, 0.29) is 0 Å². The molecule has 2 heterocycles. The molecule has 0 fully saturated rings. The second-order valence-corrected chi connectivity index (χ2v) is 5.46. The first-order valence-electron chi connectivity index (χ1n) is 3.99. The van der Waals surface area contributed by atoms with Crippen LogP contribution in [-0.4, -0.2) is 10.8 Å². The number of hydrogen-bond donors (Lipinski definition) is 0. The Morgan fingerprint density at radius 2 is 2.25 bits per heavy atom. The van der Waals surface area contributed by atoms with Gasteiger partial charge in [0.2, 0.25) is 0 Å². The van der Waals surface area contributed by atoms with E-state index in [9.17, 15) is 0 Å². The van der Waals surface area contributed by atoms with Crippen LogP contribution in [0.1, 0.15) is 22.7 Å². The summed E-state index contributed by atoms with van der Waals surface area (Å²) < 4.78 is 0. The lowest BCUT2D eigenvalue weighted by Gasteiger charge is -1.99. The molecule has 0 bridgehead atoms. The molecule has 64 valence electrons. The van der Waals surface area contributed by atoms with Gasteiger partial charge in [0.25, 0.3) is 0 Å². The standard InChI is InChI=1S/C9H11NS2/c1-6-3-4-9(12-6)8-5-11-7(2)10-8/h3-4,8H,5H2,1-2H3. The maximum atomic E-state index is 4.56. The summed E-state index contributed by atoms with van der Waals surface area (Å²) in [6.45, 7) is 4.23. The normalized spacial score (nSPS) is 22.8. The smallest absolute Gasteiger partial charge is 0.0944 e. The monoisotopic (exact) mass is 197 g/mol. The van der Waals surface area contributed by atoms with Crippen LogP contribution >= 0.6 is 23.1 Å². The van der Waals surface area contributed by atoms with Crippen molar-refractivity contribution in [2.75, 3.05) is 5.75 Å². The maximum absolute atomic E-state index is 4.56. The van der Waals surface area contributed by atoms with Crippen LogP contribution in [0.25, 0.3) is 0 Å². The van der Waals surface area contributed by atoms with Gasteiger partial charge in [-0.3, -0.25) is 4.99 Å². The summed E-state index contributed by atoms with van der Waals surface area (Å²) >= 11 is 3.73. The average Bonchev–Trinajstić information content (AvgIpc) is 2.58. The Bertz CT molecular complexity index is 314. The van der Waals surface area contributed by atoms with E-state index in [4.69, 9.17) is 0 Å². The lowest BCUT2D eigenvalue weighted by atomic mass is 10.3. The molecule has 0 amide bonds. The van der Waals surface area contributed by atoms with Gasteiger partial charge in [-0.2, -0.15) is 0 Å². The Morgan fingerprint density at radius 3 is 2.75 bits per heavy atom. The molecule has 1 aromatic heterocycles. The molecule has 1 aliphatic rings. The van der Waals surface area contributed by atoms with Gasteiger partial charge in [0.05, 0.1) is 11.1 Å². The van der Waals surface area contributed by atoms with E-state index in [1.165, 1.54) is 14.8 Å². The maximum Gasteiger partial charge on any atom is 0.0944 e. The molecule has 0 saturated carbocycles. The fourth-order valence-electron chi connectivity index (χ4n) is 1.27. The molecule has 0 N–H and O–H groups in total. The van der Waals surface area contributed by atoms with Gasteiger partial charge >= 0.3 is 0 Å². The van der Waals surface area contributed by atoms with E-state index in [0.29, 0.717) is 6.04 Å². The topological polar surface area (TPSA) is 12.4 Å². The number of hydrogen-bond acceptors (Lipinski definition) is 3. The molecule has 0 aliphatic carbocycles. The van der Waals surface area contributed by atoms with E-state index in [1.54, 1.807) is 0 Å². The highest BCUT2D eigenvalue weighted by atomic mass is 32.2. The zero-order chi connectivity index (χ0) is 8.55. The van der Waals surface area contributed by atoms with Gasteiger partial charge in [-0.1, -0.05) is 0 Å². The molecule has 0 radical (unpaired) electrons. The molecule has 1 atom stereocenters. The summed E-state index contributed by atoms with van der Waals surface area (Å²) in [5, 5.41) is 1.23. The number of aliphatic imine (C=N–C) groups is 1. The van der Waals surface area contributed by atoms with Crippen molar-refractivity contribution < 1.29 is 0 Å². The molecule has 1 nitrogen and oxygen atoms in total. The van der Waals surface area contributed by atoms with Crippen LogP contribution in [0.5, 0.6) is 0 Å². The van der Waals surface area contributed by atoms with Crippen molar-refractivity contribution in [3.8, 4) is 0 Å². The second kappa shape index (κ2) is 3.23. The number of thiophene rings is 1. The van der Waals surface area contributed by atoms with Crippen LogP contribution in [-0.2, 0) is 0 Å². The minimum absolute atomic E-state index is 0.439. The third kappa shape index (κ3) is 1.57. The molecule has 0 aromatic carbocycles. The highest BCUT2D eigenvalue weighted by molar-refractivity contribution is 8.14. The summed E-state index contributed by atoms with van der Waals surface area (Å²) in [6, 6.07) is 4.81. The first kappa shape index (κ1) is 8.32. The van der Waals surface area contributed by atoms with Crippen LogP contribution in [0.3, 0.4) is 0 Å². The third-order valence-corrected chi connectivity index (χ3v) is 3.98. The molecule has 1 aliphatic heterocycles. The molecular formula is C9H11NS2. The van der Waals surface area contributed by atoms with Gasteiger partial charge in [-0.05, 0) is 26.0 Å². The van der Waals surface area contributed by atoms with Crippen molar-refractivity contribution in [2.24, 2.45) is 4.99 Å². The van der Waals surface area contributed by atoms with Gasteiger partial charge in [-0.15, -0.1) is 23.1 Å². The predicted molar refractivity (Wildman–Crippen MR) is 57.4 cm³/mol. The minimum atomic E-state index is 0.439. The quantitative estimate of drug-likeness (QED) is 0.673. The summed E-state index contributed by atoms with van der Waals surface area (Å²) in [5.41, 5.74) is 0. The van der Waals surface area contributed by atoms with Crippen LogP contribution in [0, 0.1) is 6.92 Å². The van der Waals surface area contributed by atoms with Crippen LogP contribution in [0.2, 0.25) is 0 Å². The fraction of sp³-hybridized carbons (Fsp3) is 0.444. The average molecular weight is 197 g/mol. The van der Waals surface area contributed by atoms with Crippen molar-refractivity contribution >= 4 is 28.1 Å². The lowest BCUT2D eigenvalue weighted by molar-refractivity contribution is 0.871. The van der Waals surface area contributed by atoms with E-state index >= 15 is 0 Å². The number of thioether (sulfide) groups is 1. The Kier molecular flexibility index (Phi) is 2.24. The molecule has 12 heavy (non-hydrogen) atoms. The van der Waals surface area contributed by atoms with Crippen LogP contribution < -0.4 is 0 Å². The van der Waals surface area contributed by atoms with Gasteiger partial charge in [0, 0.05) is 15.5 Å². The van der Waals surface area contributed by atoms with Crippen LogP contribution in [0.4, 0.5) is 0 Å². The minimum Gasteiger partial charge on any atom is -0.273 e. The summed E-state index contributed by atoms with van der Waals surface area (Å²) in [4.78, 5) is 7.36. The second-order valence-electron chi connectivity index (χ2n) is 2.92. The third-order valence-electron chi connectivity index (χ3n) is 1.88. The van der Waals surface area contributed by atoms with Gasteiger partial charge < -0.3 is 0 Å². The molecule has 1 aromatic rings. The Hall–Kier alpha value is -0.280. The van der Waals surface area contributed by atoms with Crippen molar-refractivity contribution in [1.82, 2.24) is 0 Å². The Labute approximate surface area is 80.9 Å². The Balaban J connectivity index is 2.21. The predicted octanol–water partition coefficient (Wildman–Crippen LogP) is 3.26. The van der Waals surface area contributed by atoms with Crippen LogP contribution in [0.15, 0.2) is 17.1 Å². The molecule has 1 unspecified atom stereocenters. The number of nitrogens with zero attached hydrogens (tertiary/aromatic N) is 1. The van der Waals surface area contributed by atoms with Crippen molar-refractivity contribution in [2.45, 2.75) is 19.9 Å². The van der Waals surface area contributed by atoms with Crippen molar-refractivity contribution in [1.29, 1.82) is 0 Å². The summed E-state index contributed by atoms with van der Waals surface area (Å²) in [5.74, 6) is 1.13. The molecule has 3 heteroatoms. The number of rotatable bonds is 1. The van der Waals surface area contributed by atoms with E-state index < -0.39 is 0 Å². The zero-order valence-corrected chi connectivity index (χ0v) is 8.84. The van der Waals surface area contributed by atoms with Crippen molar-refractivity contribution in [3.05, 3.63) is 21.9 Å². The molecular weight excluding hydrogens is 186 g/mol. The number of aryl methyl sites for hydroxylation is 1. The van der Waals surface area contributed by atoms with E-state index in [1.807, 2.05) is 23.1 Å². The lowest BCUT2D eigenvalue weighted by Crippen LogP contribution is -1.88. The SMILES string of the molecule is CC1=NC(c2ccc(C)s2)CS1. The van der Waals surface area contributed by atoms with Gasteiger partial charge in [0.1, 0.15) is 0 Å². The summed E-state index contributed by atoms with van der Waals surface area (Å²) in [7, 11) is 0. The first-order valence-corrected chi connectivity index (χ1v) is 5.79. The first-order chi connectivity index (χ1) is 5.75. The largest absolute Gasteiger partial charge is 0.273 e. The summed E-state index contributed by atoms with van der Waals surface area (Å²) in [6.07, 6.45) is 0. The highest BCUT2D eigenvalue weighted by Crippen LogP contribution is 2.33. The molecule has 2 rings (SSSR count). The van der Waals surface area contributed by atoms with Gasteiger partial charge in [0.15, 0.2) is 0 Å². The Morgan fingerprint density at radius 1 is 1.42 bits per heavy atom. The fourth-order valence-corrected chi connectivity index (χ4v) is 3.15. The molecule has 0 spiro atoms. The van der Waals surface area contributed by atoms with Crippen molar-refractivity contribution in [3.63, 3.8) is 0 Å². The molecule has 0 saturated heterocycles. The van der Waals surface area contributed by atoms with Gasteiger partial charge in [-0.25, -0.2) is 0 Å². The van der Waals surface area contributed by atoms with E-state index in [0.717, 1.165) is 5.75 Å². The van der Waals surface area contributed by atoms with E-state index in [2.05, 4.69) is 31.0 Å².